The van der Waals surface area contributed by atoms with Crippen molar-refractivity contribution in [2.45, 2.75) is 6.92 Å². The Morgan fingerprint density at radius 2 is 2.08 bits per heavy atom. The van der Waals surface area contributed by atoms with E-state index in [0.29, 0.717) is 28.4 Å². The number of methoxy groups -OCH3 is 1. The molecular weight excluding hydrogens is 320 g/mol. The summed E-state index contributed by atoms with van der Waals surface area (Å²) in [4.78, 5) is 16.7. The van der Waals surface area contributed by atoms with Crippen LogP contribution in [0.15, 0.2) is 49.2 Å². The van der Waals surface area contributed by atoms with Gasteiger partial charge in [-0.05, 0) is 31.2 Å². The summed E-state index contributed by atoms with van der Waals surface area (Å²) in [5, 5.41) is 10.0. The molecule has 128 valence electrons. The Morgan fingerprint density at radius 3 is 2.76 bits per heavy atom. The zero-order valence-electron chi connectivity index (χ0n) is 13.9. The van der Waals surface area contributed by atoms with Crippen molar-refractivity contribution in [1.82, 2.24) is 20.2 Å². The van der Waals surface area contributed by atoms with Gasteiger partial charge in [0.15, 0.2) is 5.69 Å². The topological polar surface area (TPSA) is 87.9 Å². The minimum absolute atomic E-state index is 0.00462. The third-order valence-corrected chi connectivity index (χ3v) is 3.84. The molecule has 3 rings (SSSR count). The van der Waals surface area contributed by atoms with Crippen LogP contribution in [0.3, 0.4) is 0 Å². The minimum atomic E-state index is -0.393. The van der Waals surface area contributed by atoms with Crippen molar-refractivity contribution in [3.8, 4) is 11.5 Å². The number of pyridine rings is 1. The number of hydrogen-bond acceptors (Lipinski definition) is 5. The Bertz CT molecular complexity index is 962. The van der Waals surface area contributed by atoms with Crippen LogP contribution in [-0.4, -0.2) is 27.5 Å². The number of ether oxygens (including phenoxy) is 1. The highest BCUT2D eigenvalue weighted by molar-refractivity contribution is 5.94. The molecule has 0 unspecified atom stereocenters. The van der Waals surface area contributed by atoms with Crippen molar-refractivity contribution < 1.29 is 14.6 Å². The summed E-state index contributed by atoms with van der Waals surface area (Å²) in [6, 6.07) is 10.4. The van der Waals surface area contributed by atoms with Gasteiger partial charge in [0.2, 0.25) is 0 Å². The number of aromatic nitrogens is 2. The lowest BCUT2D eigenvalue weighted by molar-refractivity contribution is 0.0937. The van der Waals surface area contributed by atoms with Gasteiger partial charge in [0.1, 0.15) is 17.1 Å². The van der Waals surface area contributed by atoms with Gasteiger partial charge < -0.3 is 14.2 Å². The first kappa shape index (κ1) is 16.4. The Balaban J connectivity index is 1.73. The van der Waals surface area contributed by atoms with E-state index < -0.39 is 5.91 Å². The molecule has 0 bridgehead atoms. The number of nitrogens with one attached hydrogen (secondary N) is 2. The van der Waals surface area contributed by atoms with Gasteiger partial charge in [-0.1, -0.05) is 12.6 Å². The number of aromatic hydroxyl groups is 1. The zero-order chi connectivity index (χ0) is 18.0. The molecule has 3 N–H and O–H groups in total. The van der Waals surface area contributed by atoms with E-state index in [2.05, 4.69) is 22.4 Å². The first-order valence-corrected chi connectivity index (χ1v) is 7.57. The second-order valence-corrected chi connectivity index (χ2v) is 5.42. The van der Waals surface area contributed by atoms with Crippen molar-refractivity contribution in [3.63, 3.8) is 0 Å². The molecule has 0 atom stereocenters. The van der Waals surface area contributed by atoms with Crippen molar-refractivity contribution in [2.75, 3.05) is 7.11 Å². The SMILES string of the molecule is C=C(NNC(=O)c1nc2ccccn2c1C)c1ccc(OC)cc1O. The Kier molecular flexibility index (Phi) is 4.30. The lowest BCUT2D eigenvalue weighted by Gasteiger charge is -2.12. The molecule has 0 aliphatic carbocycles. The molecule has 0 aliphatic heterocycles. The monoisotopic (exact) mass is 338 g/mol. The van der Waals surface area contributed by atoms with E-state index in [1.54, 1.807) is 12.1 Å². The maximum atomic E-state index is 12.4. The maximum Gasteiger partial charge on any atom is 0.290 e. The fraction of sp³-hybridized carbons (Fsp3) is 0.111. The van der Waals surface area contributed by atoms with Gasteiger partial charge in [0, 0.05) is 17.8 Å². The third-order valence-electron chi connectivity index (χ3n) is 3.84. The van der Waals surface area contributed by atoms with Crippen LogP contribution in [0.1, 0.15) is 21.7 Å². The Morgan fingerprint density at radius 1 is 1.28 bits per heavy atom. The van der Waals surface area contributed by atoms with Crippen LogP contribution < -0.4 is 15.6 Å². The van der Waals surface area contributed by atoms with Crippen molar-refractivity contribution in [1.29, 1.82) is 0 Å². The van der Waals surface area contributed by atoms with Gasteiger partial charge in [-0.2, -0.15) is 0 Å². The summed E-state index contributed by atoms with van der Waals surface area (Å²) < 4.78 is 6.87. The molecule has 2 aromatic heterocycles. The first-order chi connectivity index (χ1) is 12.0. The summed E-state index contributed by atoms with van der Waals surface area (Å²) >= 11 is 0. The lowest BCUT2D eigenvalue weighted by Crippen LogP contribution is -2.36. The van der Waals surface area contributed by atoms with Crippen LogP contribution in [0, 0.1) is 6.92 Å². The van der Waals surface area contributed by atoms with Gasteiger partial charge in [-0.3, -0.25) is 15.6 Å². The number of phenolic OH excluding ortho intramolecular Hbond substituents is 1. The average Bonchev–Trinajstić information content (AvgIpc) is 2.96. The highest BCUT2D eigenvalue weighted by Gasteiger charge is 2.16. The van der Waals surface area contributed by atoms with Crippen LogP contribution in [-0.2, 0) is 0 Å². The van der Waals surface area contributed by atoms with Gasteiger partial charge >= 0.3 is 0 Å². The Hall–Kier alpha value is -3.48. The fourth-order valence-corrected chi connectivity index (χ4v) is 2.49. The number of carbonyl (C=O) groups is 1. The van der Waals surface area contributed by atoms with E-state index in [0.717, 1.165) is 5.69 Å². The van der Waals surface area contributed by atoms with E-state index in [1.165, 1.54) is 13.2 Å². The molecule has 0 spiro atoms. The summed E-state index contributed by atoms with van der Waals surface area (Å²) in [6.07, 6.45) is 1.84. The number of phenols is 1. The van der Waals surface area contributed by atoms with Gasteiger partial charge in [-0.25, -0.2) is 4.98 Å². The van der Waals surface area contributed by atoms with Crippen LogP contribution in [0.2, 0.25) is 0 Å². The summed E-state index contributed by atoms with van der Waals surface area (Å²) in [5.74, 6) is 0.128. The summed E-state index contributed by atoms with van der Waals surface area (Å²) in [7, 11) is 1.51. The second kappa shape index (κ2) is 6.56. The van der Waals surface area contributed by atoms with Gasteiger partial charge in [-0.15, -0.1) is 0 Å². The van der Waals surface area contributed by atoms with Crippen LogP contribution in [0.4, 0.5) is 0 Å². The number of rotatable bonds is 5. The smallest absolute Gasteiger partial charge is 0.290 e. The quantitative estimate of drug-likeness (QED) is 0.621. The zero-order valence-corrected chi connectivity index (χ0v) is 13.9. The van der Waals surface area contributed by atoms with Gasteiger partial charge in [0.25, 0.3) is 5.91 Å². The second-order valence-electron chi connectivity index (χ2n) is 5.42. The molecule has 0 aliphatic rings. The standard InChI is InChI=1S/C18H18N4O3/c1-11(14-8-7-13(25-3)10-15(14)23)20-21-18(24)17-12(2)22-9-5-4-6-16(22)19-17/h4-10,20,23H,1H2,2-3H3,(H,21,24). The highest BCUT2D eigenvalue weighted by Crippen LogP contribution is 2.26. The van der Waals surface area contributed by atoms with Crippen LogP contribution in [0.5, 0.6) is 11.5 Å². The van der Waals surface area contributed by atoms with Crippen molar-refractivity contribution in [3.05, 3.63) is 66.1 Å². The number of carbonyl (C=O) groups excluding carboxylic acids is 1. The molecular formula is C18H18N4O3. The van der Waals surface area contributed by atoms with E-state index in [-0.39, 0.29) is 5.75 Å². The number of imidazole rings is 1. The molecule has 2 heterocycles. The number of fused-ring (bicyclic) bond motifs is 1. The highest BCUT2D eigenvalue weighted by atomic mass is 16.5. The lowest BCUT2D eigenvalue weighted by atomic mass is 10.1. The number of hydrazine groups is 1. The molecule has 25 heavy (non-hydrogen) atoms. The predicted molar refractivity (Wildman–Crippen MR) is 94.2 cm³/mol. The normalized spacial score (nSPS) is 10.5. The molecule has 7 heteroatoms. The number of aryl methyl sites for hydroxylation is 1. The molecule has 1 aromatic carbocycles. The number of hydrogen-bond donors (Lipinski definition) is 3. The maximum absolute atomic E-state index is 12.4. The van der Waals surface area contributed by atoms with E-state index in [1.807, 2.05) is 35.7 Å². The van der Waals surface area contributed by atoms with Crippen molar-refractivity contribution >= 4 is 17.3 Å². The van der Waals surface area contributed by atoms with E-state index >= 15 is 0 Å². The predicted octanol–water partition coefficient (Wildman–Crippen LogP) is 2.26. The molecule has 7 nitrogen and oxygen atoms in total. The molecule has 3 aromatic rings. The molecule has 1 amide bonds. The minimum Gasteiger partial charge on any atom is -0.507 e. The van der Waals surface area contributed by atoms with E-state index in [9.17, 15) is 9.90 Å². The first-order valence-electron chi connectivity index (χ1n) is 7.57. The number of nitrogens with zero attached hydrogens (tertiary/aromatic N) is 2. The molecule has 0 saturated heterocycles. The molecule has 0 radical (unpaired) electrons. The van der Waals surface area contributed by atoms with Gasteiger partial charge in [0.05, 0.1) is 18.5 Å². The summed E-state index contributed by atoms with van der Waals surface area (Å²) in [5.41, 5.74) is 7.78. The average molecular weight is 338 g/mol. The fourth-order valence-electron chi connectivity index (χ4n) is 2.49. The molecule has 0 saturated carbocycles. The van der Waals surface area contributed by atoms with Crippen LogP contribution >= 0.6 is 0 Å². The van der Waals surface area contributed by atoms with E-state index in [4.69, 9.17) is 4.74 Å². The third kappa shape index (κ3) is 3.12. The number of amides is 1. The Labute approximate surface area is 144 Å². The number of benzene rings is 1. The van der Waals surface area contributed by atoms with Crippen LogP contribution in [0.25, 0.3) is 11.3 Å². The molecule has 0 fully saturated rings. The van der Waals surface area contributed by atoms with Crippen molar-refractivity contribution in [2.24, 2.45) is 0 Å². The summed E-state index contributed by atoms with van der Waals surface area (Å²) in [6.45, 7) is 5.64. The largest absolute Gasteiger partial charge is 0.507 e.